The number of carbonyl (C=O) groups excluding carboxylic acids is 4. The molecule has 2 aliphatic rings. The third-order valence-electron chi connectivity index (χ3n) is 6.13. The van der Waals surface area contributed by atoms with Crippen molar-refractivity contribution in [2.75, 3.05) is 13.1 Å². The van der Waals surface area contributed by atoms with E-state index in [2.05, 4.69) is 21.2 Å². The number of hydrogen-bond acceptors (Lipinski definition) is 4. The monoisotopic (exact) mass is 503 g/mol. The van der Waals surface area contributed by atoms with Crippen LogP contribution in [0.4, 0.5) is 0 Å². The third-order valence-corrected chi connectivity index (χ3v) is 6.66. The van der Waals surface area contributed by atoms with Gasteiger partial charge in [0, 0.05) is 30.5 Å². The van der Waals surface area contributed by atoms with Gasteiger partial charge in [0.25, 0.3) is 0 Å². The van der Waals surface area contributed by atoms with Crippen LogP contribution in [0.25, 0.3) is 0 Å². The van der Waals surface area contributed by atoms with E-state index in [-0.39, 0.29) is 55.0 Å². The first kappa shape index (κ1) is 24.2. The van der Waals surface area contributed by atoms with Crippen molar-refractivity contribution in [3.8, 4) is 0 Å². The summed E-state index contributed by atoms with van der Waals surface area (Å²) in [5, 5.41) is 2.84. The van der Waals surface area contributed by atoms with E-state index in [0.717, 1.165) is 16.5 Å². The van der Waals surface area contributed by atoms with Crippen molar-refractivity contribution in [1.29, 1.82) is 0 Å². The molecule has 1 aromatic rings. The van der Waals surface area contributed by atoms with E-state index in [1.165, 1.54) is 9.80 Å². The summed E-state index contributed by atoms with van der Waals surface area (Å²) >= 11 is 3.40. The number of carbonyl (C=O) groups is 4. The molecule has 0 spiro atoms. The normalized spacial score (nSPS) is 20.8. The molecule has 0 bridgehead atoms. The Labute approximate surface area is 197 Å². The summed E-state index contributed by atoms with van der Waals surface area (Å²) in [5.41, 5.74) is 0.891. The number of hydrogen-bond donors (Lipinski definition) is 1. The molecule has 0 aromatic heterocycles. The molecule has 0 saturated carbocycles. The van der Waals surface area contributed by atoms with Crippen LogP contribution < -0.4 is 5.32 Å². The zero-order valence-electron chi connectivity index (χ0n) is 18.6. The Balaban J connectivity index is 1.70. The molecule has 1 N–H and O–H groups in total. The maximum atomic E-state index is 13.2. The maximum absolute atomic E-state index is 13.2. The smallest absolute Gasteiger partial charge is 0.242 e. The molecular weight excluding hydrogens is 474 g/mol. The zero-order chi connectivity index (χ0) is 23.3. The highest BCUT2D eigenvalue weighted by atomic mass is 79.9. The number of benzene rings is 1. The van der Waals surface area contributed by atoms with Crippen molar-refractivity contribution in [2.24, 2.45) is 11.8 Å². The molecule has 1 aliphatic carbocycles. The molecule has 3 atom stereocenters. The van der Waals surface area contributed by atoms with Gasteiger partial charge >= 0.3 is 0 Å². The lowest BCUT2D eigenvalue weighted by Gasteiger charge is -2.29. The first-order valence-corrected chi connectivity index (χ1v) is 11.9. The van der Waals surface area contributed by atoms with E-state index in [9.17, 15) is 19.2 Å². The lowest BCUT2D eigenvalue weighted by molar-refractivity contribution is -0.143. The average Bonchev–Trinajstić information content (AvgIpc) is 3.04. The SMILES string of the molecule is CCCNC(=O)C(C)N(Cc1ccc(Br)cc1)C(=O)CCN1C(=O)[C@H]2CC=CC[C@H]2C1=O. The van der Waals surface area contributed by atoms with Gasteiger partial charge < -0.3 is 10.2 Å². The Morgan fingerprint density at radius 3 is 2.28 bits per heavy atom. The molecule has 1 heterocycles. The summed E-state index contributed by atoms with van der Waals surface area (Å²) in [7, 11) is 0. The standard InChI is InChI=1S/C24H30BrN3O4/c1-3-13-26-22(30)16(2)28(15-17-8-10-18(25)11-9-17)21(29)12-14-27-23(31)19-6-4-5-7-20(19)24(27)32/h4-5,8-11,16,19-20H,3,6-7,12-15H2,1-2H3,(H,26,30)/t16?,19-,20+. The van der Waals surface area contributed by atoms with Crippen LogP contribution in [0.2, 0.25) is 0 Å². The van der Waals surface area contributed by atoms with Gasteiger partial charge in [0.05, 0.1) is 11.8 Å². The van der Waals surface area contributed by atoms with Gasteiger partial charge in [0.2, 0.25) is 23.6 Å². The maximum Gasteiger partial charge on any atom is 0.242 e. The summed E-state index contributed by atoms with van der Waals surface area (Å²) in [6.45, 7) is 4.52. The Morgan fingerprint density at radius 1 is 1.12 bits per heavy atom. The van der Waals surface area contributed by atoms with Crippen LogP contribution in [-0.2, 0) is 25.7 Å². The second-order valence-electron chi connectivity index (χ2n) is 8.35. The number of likely N-dealkylation sites (tertiary alicyclic amines) is 1. The number of imide groups is 1. The predicted molar refractivity (Wildman–Crippen MR) is 124 cm³/mol. The minimum atomic E-state index is -0.672. The molecule has 1 fully saturated rings. The number of halogens is 1. The zero-order valence-corrected chi connectivity index (χ0v) is 20.1. The molecule has 4 amide bonds. The largest absolute Gasteiger partial charge is 0.354 e. The molecule has 8 heteroatoms. The Morgan fingerprint density at radius 2 is 1.72 bits per heavy atom. The average molecular weight is 504 g/mol. The highest BCUT2D eigenvalue weighted by molar-refractivity contribution is 9.10. The van der Waals surface area contributed by atoms with Crippen molar-refractivity contribution >= 4 is 39.6 Å². The number of amides is 4. The van der Waals surface area contributed by atoms with Crippen molar-refractivity contribution in [3.05, 3.63) is 46.5 Å². The highest BCUT2D eigenvalue weighted by Crippen LogP contribution is 2.35. The van der Waals surface area contributed by atoms with E-state index in [1.54, 1.807) is 6.92 Å². The molecule has 1 aromatic carbocycles. The second kappa shape index (κ2) is 10.9. The number of rotatable bonds is 9. The highest BCUT2D eigenvalue weighted by Gasteiger charge is 2.47. The number of fused-ring (bicyclic) bond motifs is 1. The Bertz CT molecular complexity index is 873. The molecule has 1 aliphatic heterocycles. The molecule has 172 valence electrons. The molecule has 3 rings (SSSR count). The fourth-order valence-electron chi connectivity index (χ4n) is 4.21. The van der Waals surface area contributed by atoms with Gasteiger partial charge in [-0.1, -0.05) is 47.1 Å². The molecule has 32 heavy (non-hydrogen) atoms. The fourth-order valence-corrected chi connectivity index (χ4v) is 4.47. The minimum Gasteiger partial charge on any atom is -0.354 e. The van der Waals surface area contributed by atoms with Crippen LogP contribution in [0.3, 0.4) is 0 Å². The van der Waals surface area contributed by atoms with Gasteiger partial charge in [-0.3, -0.25) is 24.1 Å². The van der Waals surface area contributed by atoms with Crippen molar-refractivity contribution in [3.63, 3.8) is 0 Å². The Hall–Kier alpha value is -2.48. The molecule has 0 radical (unpaired) electrons. The van der Waals surface area contributed by atoms with Crippen LogP contribution in [0, 0.1) is 11.8 Å². The summed E-state index contributed by atoms with van der Waals surface area (Å²) in [5.74, 6) is -1.47. The van der Waals surface area contributed by atoms with Crippen molar-refractivity contribution in [1.82, 2.24) is 15.1 Å². The second-order valence-corrected chi connectivity index (χ2v) is 9.26. The lowest BCUT2D eigenvalue weighted by Crippen LogP contribution is -2.48. The predicted octanol–water partition coefficient (Wildman–Crippen LogP) is 3.03. The summed E-state index contributed by atoms with van der Waals surface area (Å²) < 4.78 is 0.926. The quantitative estimate of drug-likeness (QED) is 0.414. The molecule has 7 nitrogen and oxygen atoms in total. The summed E-state index contributed by atoms with van der Waals surface area (Å²) in [6.07, 6.45) is 5.82. The first-order chi connectivity index (χ1) is 15.3. The van der Waals surface area contributed by atoms with Gasteiger partial charge in [0.1, 0.15) is 6.04 Å². The topological polar surface area (TPSA) is 86.8 Å². The minimum absolute atomic E-state index is 0.00766. The van der Waals surface area contributed by atoms with E-state index >= 15 is 0 Å². The number of nitrogens with zero attached hydrogens (tertiary/aromatic N) is 2. The van der Waals surface area contributed by atoms with Gasteiger partial charge in [-0.2, -0.15) is 0 Å². The van der Waals surface area contributed by atoms with Gasteiger partial charge in [-0.15, -0.1) is 0 Å². The fraction of sp³-hybridized carbons (Fsp3) is 0.500. The van der Waals surface area contributed by atoms with Crippen LogP contribution in [0.15, 0.2) is 40.9 Å². The summed E-state index contributed by atoms with van der Waals surface area (Å²) in [6, 6.07) is 6.89. The third kappa shape index (κ3) is 5.46. The first-order valence-electron chi connectivity index (χ1n) is 11.1. The van der Waals surface area contributed by atoms with E-state index < -0.39 is 6.04 Å². The van der Waals surface area contributed by atoms with E-state index in [0.29, 0.717) is 19.4 Å². The Kier molecular flexibility index (Phi) is 8.23. The van der Waals surface area contributed by atoms with E-state index in [4.69, 9.17) is 0 Å². The van der Waals surface area contributed by atoms with Gasteiger partial charge in [-0.05, 0) is 43.9 Å². The van der Waals surface area contributed by atoms with Crippen molar-refractivity contribution in [2.45, 2.75) is 52.1 Å². The van der Waals surface area contributed by atoms with Crippen LogP contribution in [0.5, 0.6) is 0 Å². The molecular formula is C24H30BrN3O4. The molecule has 1 unspecified atom stereocenters. The van der Waals surface area contributed by atoms with Gasteiger partial charge in [-0.25, -0.2) is 0 Å². The molecule has 1 saturated heterocycles. The van der Waals surface area contributed by atoms with Crippen LogP contribution in [-0.4, -0.2) is 52.6 Å². The lowest BCUT2D eigenvalue weighted by atomic mass is 9.85. The number of nitrogens with one attached hydrogen (secondary N) is 1. The summed E-state index contributed by atoms with van der Waals surface area (Å²) in [4.78, 5) is 53.9. The number of allylic oxidation sites excluding steroid dienone is 2. The van der Waals surface area contributed by atoms with E-state index in [1.807, 2.05) is 43.3 Å². The van der Waals surface area contributed by atoms with Crippen LogP contribution >= 0.6 is 15.9 Å². The van der Waals surface area contributed by atoms with Crippen LogP contribution in [0.1, 0.15) is 45.1 Å². The van der Waals surface area contributed by atoms with Crippen molar-refractivity contribution < 1.29 is 19.2 Å². The van der Waals surface area contributed by atoms with Gasteiger partial charge in [0.15, 0.2) is 0 Å².